The number of benzene rings is 2. The first-order valence-electron chi connectivity index (χ1n) is 8.32. The molecule has 28 heavy (non-hydrogen) atoms. The number of carbonyl (C=O) groups is 1. The van der Waals surface area contributed by atoms with Crippen LogP contribution in [0.5, 0.6) is 5.75 Å². The van der Waals surface area contributed by atoms with Crippen molar-refractivity contribution < 1.29 is 26.4 Å². The highest BCUT2D eigenvalue weighted by atomic mass is 35.5. The molecule has 1 aliphatic rings. The Balaban J connectivity index is 1.87. The number of hydrogen-bond acceptors (Lipinski definition) is 6. The van der Waals surface area contributed by atoms with E-state index in [9.17, 15) is 21.6 Å². The monoisotopic (exact) mass is 443 g/mol. The van der Waals surface area contributed by atoms with Gasteiger partial charge in [-0.15, -0.1) is 0 Å². The molecule has 0 spiro atoms. The molecule has 1 saturated heterocycles. The fourth-order valence-electron chi connectivity index (χ4n) is 2.98. The third-order valence-electron chi connectivity index (χ3n) is 4.46. The highest BCUT2D eigenvalue weighted by Gasteiger charge is 2.38. The maximum Gasteiger partial charge on any atom is 0.255 e. The molecule has 1 amide bonds. The molecule has 7 nitrogen and oxygen atoms in total. The second-order valence-corrected chi connectivity index (χ2v) is 11.3. The van der Waals surface area contributed by atoms with Crippen LogP contribution in [0.1, 0.15) is 16.8 Å². The molecule has 0 bridgehead atoms. The summed E-state index contributed by atoms with van der Waals surface area (Å²) >= 11 is 5.95. The van der Waals surface area contributed by atoms with Crippen LogP contribution in [0.25, 0.3) is 0 Å². The number of carbonyl (C=O) groups excluding carboxylic acids is 1. The number of amides is 1. The second kappa shape index (κ2) is 7.73. The van der Waals surface area contributed by atoms with E-state index in [4.69, 9.17) is 16.3 Å². The second-order valence-electron chi connectivity index (χ2n) is 6.40. The minimum absolute atomic E-state index is 0.0564. The zero-order valence-electron chi connectivity index (χ0n) is 14.9. The summed E-state index contributed by atoms with van der Waals surface area (Å²) in [4.78, 5) is 12.5. The van der Waals surface area contributed by atoms with Crippen molar-refractivity contribution in [3.8, 4) is 5.75 Å². The van der Waals surface area contributed by atoms with Crippen molar-refractivity contribution in [2.45, 2.75) is 16.6 Å². The summed E-state index contributed by atoms with van der Waals surface area (Å²) in [5, 5.41) is 2.04. The largest absolute Gasteiger partial charge is 0.495 e. The van der Waals surface area contributed by atoms with Gasteiger partial charge in [0.2, 0.25) is 0 Å². The Morgan fingerprint density at radius 2 is 1.96 bits per heavy atom. The SMILES string of the molecule is COc1ccc(Cl)cc1NC(=O)c1cccc(S(=O)(=O)C2CCS(=O)(=O)C2)c1. The molecule has 2 aromatic rings. The Morgan fingerprint density at radius 3 is 2.61 bits per heavy atom. The zero-order chi connectivity index (χ0) is 20.5. The first kappa shape index (κ1) is 20.6. The number of rotatable bonds is 5. The molecule has 1 atom stereocenters. The maximum atomic E-state index is 12.8. The highest BCUT2D eigenvalue weighted by molar-refractivity contribution is 7.96. The molecule has 150 valence electrons. The van der Waals surface area contributed by atoms with Crippen LogP contribution in [0.3, 0.4) is 0 Å². The fraction of sp³-hybridized carbons (Fsp3) is 0.278. The van der Waals surface area contributed by atoms with Crippen LogP contribution in [-0.4, -0.2) is 46.6 Å². The van der Waals surface area contributed by atoms with Crippen LogP contribution in [0.4, 0.5) is 5.69 Å². The lowest BCUT2D eigenvalue weighted by atomic mass is 10.2. The molecule has 10 heteroatoms. The van der Waals surface area contributed by atoms with Gasteiger partial charge in [0, 0.05) is 10.6 Å². The predicted octanol–water partition coefficient (Wildman–Crippen LogP) is 2.56. The number of nitrogens with one attached hydrogen (secondary N) is 1. The summed E-state index contributed by atoms with van der Waals surface area (Å²) in [5.41, 5.74) is 0.458. The van der Waals surface area contributed by atoms with Crippen molar-refractivity contribution in [1.29, 1.82) is 0 Å². The van der Waals surface area contributed by atoms with Gasteiger partial charge in [0.05, 0.1) is 34.4 Å². The Hall–Kier alpha value is -2.10. The maximum absolute atomic E-state index is 12.8. The van der Waals surface area contributed by atoms with Gasteiger partial charge in [-0.25, -0.2) is 16.8 Å². The van der Waals surface area contributed by atoms with Gasteiger partial charge in [-0.3, -0.25) is 4.79 Å². The van der Waals surface area contributed by atoms with Crippen LogP contribution in [0.2, 0.25) is 5.02 Å². The molecule has 0 saturated carbocycles. The quantitative estimate of drug-likeness (QED) is 0.761. The number of anilines is 1. The van der Waals surface area contributed by atoms with Crippen LogP contribution >= 0.6 is 11.6 Å². The van der Waals surface area contributed by atoms with Gasteiger partial charge >= 0.3 is 0 Å². The van der Waals surface area contributed by atoms with E-state index in [0.717, 1.165) is 0 Å². The van der Waals surface area contributed by atoms with Crippen molar-refractivity contribution in [1.82, 2.24) is 0 Å². The van der Waals surface area contributed by atoms with Crippen LogP contribution < -0.4 is 10.1 Å². The lowest BCUT2D eigenvalue weighted by Crippen LogP contribution is -2.23. The van der Waals surface area contributed by atoms with E-state index in [1.165, 1.54) is 37.4 Å². The van der Waals surface area contributed by atoms with Crippen LogP contribution in [-0.2, 0) is 19.7 Å². The average molecular weight is 444 g/mol. The summed E-state index contributed by atoms with van der Waals surface area (Å²) in [7, 11) is -5.77. The van der Waals surface area contributed by atoms with E-state index < -0.39 is 36.6 Å². The fourth-order valence-corrected chi connectivity index (χ4v) is 7.56. The minimum Gasteiger partial charge on any atom is -0.495 e. The topological polar surface area (TPSA) is 107 Å². The van der Waals surface area contributed by atoms with Gasteiger partial charge < -0.3 is 10.1 Å². The smallest absolute Gasteiger partial charge is 0.255 e. The number of hydrogen-bond donors (Lipinski definition) is 1. The summed E-state index contributed by atoms with van der Waals surface area (Å²) in [6.07, 6.45) is 0.0564. The van der Waals surface area contributed by atoms with Gasteiger partial charge in [-0.2, -0.15) is 0 Å². The molecular weight excluding hydrogens is 426 g/mol. The minimum atomic E-state index is -3.86. The number of halogens is 1. The third-order valence-corrected chi connectivity index (χ3v) is 8.87. The molecule has 0 aliphatic carbocycles. The van der Waals surface area contributed by atoms with E-state index in [1.54, 1.807) is 12.1 Å². The Labute approximate surface area is 168 Å². The molecule has 1 N–H and O–H groups in total. The van der Waals surface area contributed by atoms with E-state index in [2.05, 4.69) is 5.32 Å². The van der Waals surface area contributed by atoms with Gasteiger partial charge in [-0.1, -0.05) is 17.7 Å². The third kappa shape index (κ3) is 4.31. The summed E-state index contributed by atoms with van der Waals surface area (Å²) in [6.45, 7) is 0. The number of ether oxygens (including phenoxy) is 1. The van der Waals surface area contributed by atoms with Gasteiger partial charge in [0.15, 0.2) is 19.7 Å². The van der Waals surface area contributed by atoms with Gasteiger partial charge in [0.1, 0.15) is 5.75 Å². The average Bonchev–Trinajstić information content (AvgIpc) is 3.02. The predicted molar refractivity (Wildman–Crippen MR) is 107 cm³/mol. The normalized spacial score (nSPS) is 18.6. The lowest BCUT2D eigenvalue weighted by molar-refractivity contribution is 0.102. The van der Waals surface area contributed by atoms with E-state index in [-0.39, 0.29) is 22.6 Å². The number of sulfone groups is 2. The molecular formula is C18H18ClNO6S2. The van der Waals surface area contributed by atoms with Crippen molar-refractivity contribution >= 4 is 42.9 Å². The number of methoxy groups -OCH3 is 1. The van der Waals surface area contributed by atoms with Crippen molar-refractivity contribution in [3.05, 3.63) is 53.1 Å². The van der Waals surface area contributed by atoms with E-state index in [1.807, 2.05) is 0 Å². The first-order chi connectivity index (χ1) is 13.1. The van der Waals surface area contributed by atoms with Gasteiger partial charge in [0.25, 0.3) is 5.91 Å². The Kier molecular flexibility index (Phi) is 5.69. The van der Waals surface area contributed by atoms with Crippen molar-refractivity contribution in [2.24, 2.45) is 0 Å². The Morgan fingerprint density at radius 1 is 1.21 bits per heavy atom. The summed E-state index contributed by atoms with van der Waals surface area (Å²) in [6, 6.07) is 10.2. The molecule has 1 aliphatic heterocycles. The van der Waals surface area contributed by atoms with E-state index >= 15 is 0 Å². The molecule has 1 heterocycles. The molecule has 1 unspecified atom stereocenters. The molecule has 0 radical (unpaired) electrons. The van der Waals surface area contributed by atoms with Crippen molar-refractivity contribution in [3.63, 3.8) is 0 Å². The molecule has 1 fully saturated rings. The summed E-state index contributed by atoms with van der Waals surface area (Å²) < 4.78 is 54.0. The first-order valence-corrected chi connectivity index (χ1v) is 12.1. The standard InChI is InChI=1S/C18H18ClNO6S2/c1-26-17-6-5-13(19)10-16(17)20-18(21)12-3-2-4-14(9-12)28(24,25)15-7-8-27(22,23)11-15/h2-6,9-10,15H,7-8,11H2,1H3,(H,20,21). The zero-order valence-corrected chi connectivity index (χ0v) is 17.3. The highest BCUT2D eigenvalue weighted by Crippen LogP contribution is 2.29. The lowest BCUT2D eigenvalue weighted by Gasteiger charge is -2.13. The van der Waals surface area contributed by atoms with Gasteiger partial charge in [-0.05, 0) is 42.8 Å². The molecule has 3 rings (SSSR count). The Bertz CT molecular complexity index is 1130. The molecule has 0 aromatic heterocycles. The van der Waals surface area contributed by atoms with E-state index in [0.29, 0.717) is 16.5 Å². The van der Waals surface area contributed by atoms with Crippen LogP contribution in [0.15, 0.2) is 47.4 Å². The van der Waals surface area contributed by atoms with Crippen LogP contribution in [0, 0.1) is 0 Å². The summed E-state index contributed by atoms with van der Waals surface area (Å²) in [5.74, 6) is -0.689. The molecule has 2 aromatic carbocycles. The van der Waals surface area contributed by atoms with Crippen molar-refractivity contribution in [2.75, 3.05) is 23.9 Å².